The van der Waals surface area contributed by atoms with Gasteiger partial charge in [-0.05, 0) is 48.7 Å². The van der Waals surface area contributed by atoms with Crippen molar-refractivity contribution in [3.05, 3.63) is 77.1 Å². The lowest BCUT2D eigenvalue weighted by Crippen LogP contribution is -2.58. The first-order valence-electron chi connectivity index (χ1n) is 12.7. The summed E-state index contributed by atoms with van der Waals surface area (Å²) in [5.74, 6) is -0.139. The molecule has 1 saturated heterocycles. The topological polar surface area (TPSA) is 66.3 Å². The molecule has 3 aromatic rings. The summed E-state index contributed by atoms with van der Waals surface area (Å²) in [4.78, 5) is 22.8. The number of aromatic nitrogens is 3. The molecule has 0 aliphatic carbocycles. The number of piperazine rings is 1. The molecule has 36 heavy (non-hydrogen) atoms. The lowest BCUT2D eigenvalue weighted by molar-refractivity contribution is -0.120. The number of benzene rings is 1. The predicted molar refractivity (Wildman–Crippen MR) is 139 cm³/mol. The number of anilines is 1. The second kappa shape index (κ2) is 9.75. The number of hydrogen-bond donors (Lipinski definition) is 1. The summed E-state index contributed by atoms with van der Waals surface area (Å²) in [7, 11) is 1.96. The van der Waals surface area contributed by atoms with Crippen LogP contribution in [0.15, 0.2) is 48.8 Å². The fourth-order valence-electron chi connectivity index (χ4n) is 5.46. The van der Waals surface area contributed by atoms with Crippen LogP contribution in [0.5, 0.6) is 0 Å². The Morgan fingerprint density at radius 2 is 1.97 bits per heavy atom. The highest BCUT2D eigenvalue weighted by Gasteiger charge is 2.40. The second-order valence-corrected chi connectivity index (χ2v) is 10.9. The van der Waals surface area contributed by atoms with Crippen molar-refractivity contribution in [2.75, 3.05) is 31.1 Å². The molecule has 4 heterocycles. The number of fused-ring (bicyclic) bond motifs is 1. The Kier molecular flexibility index (Phi) is 6.66. The van der Waals surface area contributed by atoms with Crippen LogP contribution in [0.1, 0.15) is 43.3 Å². The van der Waals surface area contributed by atoms with Crippen LogP contribution >= 0.6 is 0 Å². The fourth-order valence-corrected chi connectivity index (χ4v) is 5.46. The highest BCUT2D eigenvalue weighted by Crippen LogP contribution is 2.39. The van der Waals surface area contributed by atoms with Crippen molar-refractivity contribution in [2.24, 2.45) is 7.05 Å². The zero-order valence-corrected chi connectivity index (χ0v) is 21.5. The number of nitrogens with one attached hydrogen (secondary N) is 1. The van der Waals surface area contributed by atoms with Gasteiger partial charge in [-0.15, -0.1) is 0 Å². The minimum Gasteiger partial charge on any atom is -0.311 e. The monoisotopic (exact) mass is 490 g/mol. The van der Waals surface area contributed by atoms with E-state index < -0.39 is 0 Å². The molecule has 0 unspecified atom stereocenters. The summed E-state index contributed by atoms with van der Waals surface area (Å²) in [5.41, 5.74) is 4.83. The summed E-state index contributed by atoms with van der Waals surface area (Å²) < 4.78 is 15.2. The summed E-state index contributed by atoms with van der Waals surface area (Å²) in [6.07, 6.45) is 5.20. The van der Waals surface area contributed by atoms with E-state index in [1.807, 2.05) is 35.1 Å². The molecule has 1 fully saturated rings. The van der Waals surface area contributed by atoms with Crippen molar-refractivity contribution in [1.82, 2.24) is 25.0 Å². The maximum absolute atomic E-state index is 13.8. The van der Waals surface area contributed by atoms with Gasteiger partial charge in [0.05, 0.1) is 17.9 Å². The Labute approximate surface area is 212 Å². The van der Waals surface area contributed by atoms with Crippen molar-refractivity contribution in [2.45, 2.75) is 51.1 Å². The molecule has 7 nitrogen and oxygen atoms in total. The molecule has 2 aromatic heterocycles. The summed E-state index contributed by atoms with van der Waals surface area (Å²) in [5, 5.41) is 7.88. The van der Waals surface area contributed by atoms with Crippen LogP contribution in [-0.4, -0.2) is 63.8 Å². The molecule has 0 spiro atoms. The molecule has 1 N–H and O–H groups in total. The van der Waals surface area contributed by atoms with Gasteiger partial charge in [0.1, 0.15) is 5.82 Å². The average Bonchev–Trinajstić information content (AvgIpc) is 3.36. The summed E-state index contributed by atoms with van der Waals surface area (Å²) in [6.45, 7) is 9.09. The zero-order chi connectivity index (χ0) is 25.4. The van der Waals surface area contributed by atoms with Crippen molar-refractivity contribution in [3.63, 3.8) is 0 Å². The van der Waals surface area contributed by atoms with Gasteiger partial charge in [-0.2, -0.15) is 5.10 Å². The van der Waals surface area contributed by atoms with Crippen LogP contribution in [0.3, 0.4) is 0 Å². The minimum absolute atomic E-state index is 0.103. The quantitative estimate of drug-likeness (QED) is 0.575. The van der Waals surface area contributed by atoms with Gasteiger partial charge in [0.15, 0.2) is 0 Å². The number of halogens is 1. The van der Waals surface area contributed by atoms with Crippen molar-refractivity contribution < 1.29 is 9.18 Å². The number of hydrogen-bond acceptors (Lipinski definition) is 5. The van der Waals surface area contributed by atoms with Gasteiger partial charge in [0.25, 0.3) is 0 Å². The highest BCUT2D eigenvalue weighted by atomic mass is 19.1. The van der Waals surface area contributed by atoms with E-state index in [2.05, 4.69) is 42.2 Å². The van der Waals surface area contributed by atoms with E-state index in [1.165, 1.54) is 12.1 Å². The third kappa shape index (κ3) is 5.06. The zero-order valence-electron chi connectivity index (χ0n) is 21.5. The number of aryl methyl sites for hydroxylation is 1. The Hall–Kier alpha value is -3.10. The normalized spacial score (nSPS) is 21.5. The number of rotatable bonds is 6. The van der Waals surface area contributed by atoms with Crippen LogP contribution in [0.25, 0.3) is 0 Å². The molecule has 2 aliphatic rings. The molecule has 8 heteroatoms. The van der Waals surface area contributed by atoms with E-state index in [0.717, 1.165) is 47.7 Å². The number of carbonyl (C=O) groups excluding carboxylic acids is 1. The van der Waals surface area contributed by atoms with Crippen LogP contribution in [-0.2, 0) is 30.1 Å². The van der Waals surface area contributed by atoms with Gasteiger partial charge in [0, 0.05) is 68.7 Å². The van der Waals surface area contributed by atoms with Gasteiger partial charge in [-0.3, -0.25) is 19.4 Å². The molecule has 2 aliphatic heterocycles. The van der Waals surface area contributed by atoms with Crippen LogP contribution in [0, 0.1) is 5.82 Å². The van der Waals surface area contributed by atoms with Crippen molar-refractivity contribution in [3.8, 4) is 0 Å². The van der Waals surface area contributed by atoms with E-state index in [4.69, 9.17) is 4.98 Å². The highest BCUT2D eigenvalue weighted by molar-refractivity contribution is 5.97. The van der Waals surface area contributed by atoms with Crippen LogP contribution in [0.4, 0.5) is 10.1 Å². The standard InChI is InChI=1S/C28H35FN6O/c1-19-16-34(24(15-30-19)13-23-9-10-32-33(23)4)17-26(36)35-18-28(2,3)27-25(35)12-21(14-31-27)11-20-5-7-22(29)8-6-20/h5-10,12,14,19,24,30H,11,13,15-18H2,1-4H3/t19-,24+/m1/s1. The molecule has 0 bridgehead atoms. The lowest BCUT2D eigenvalue weighted by atomic mass is 9.91. The average molecular weight is 491 g/mol. The first-order chi connectivity index (χ1) is 17.2. The lowest BCUT2D eigenvalue weighted by Gasteiger charge is -2.39. The van der Waals surface area contributed by atoms with Gasteiger partial charge < -0.3 is 10.2 Å². The smallest absolute Gasteiger partial charge is 0.241 e. The fraction of sp³-hybridized carbons (Fsp3) is 0.464. The Balaban J connectivity index is 1.36. The van der Waals surface area contributed by atoms with Crippen molar-refractivity contribution in [1.29, 1.82) is 0 Å². The minimum atomic E-state index is -0.242. The number of pyridine rings is 1. The summed E-state index contributed by atoms with van der Waals surface area (Å²) in [6, 6.07) is 11.2. The van der Waals surface area contributed by atoms with E-state index >= 15 is 0 Å². The van der Waals surface area contributed by atoms with E-state index in [1.54, 1.807) is 12.1 Å². The van der Waals surface area contributed by atoms with Crippen LogP contribution < -0.4 is 10.2 Å². The Bertz CT molecular complexity index is 1240. The molecular formula is C28H35FN6O. The van der Waals surface area contributed by atoms with Gasteiger partial charge in [-0.25, -0.2) is 4.39 Å². The molecule has 1 amide bonds. The third-order valence-electron chi connectivity index (χ3n) is 7.46. The predicted octanol–water partition coefficient (Wildman–Crippen LogP) is 3.07. The SMILES string of the molecule is C[C@@H]1CN(CC(=O)N2CC(C)(C)c3ncc(Cc4ccc(F)cc4)cc32)[C@@H](Cc2ccnn2C)CN1. The Morgan fingerprint density at radius 1 is 1.19 bits per heavy atom. The number of carbonyl (C=O) groups is 1. The van der Waals surface area contributed by atoms with Gasteiger partial charge in [-0.1, -0.05) is 26.0 Å². The molecule has 5 rings (SSSR count). The van der Waals surface area contributed by atoms with E-state index in [0.29, 0.717) is 25.6 Å². The molecule has 1 aromatic carbocycles. The first kappa shape index (κ1) is 24.6. The molecule has 0 radical (unpaired) electrons. The molecule has 2 atom stereocenters. The van der Waals surface area contributed by atoms with E-state index in [9.17, 15) is 9.18 Å². The third-order valence-corrected chi connectivity index (χ3v) is 7.46. The molecule has 190 valence electrons. The summed E-state index contributed by atoms with van der Waals surface area (Å²) >= 11 is 0. The number of amides is 1. The first-order valence-corrected chi connectivity index (χ1v) is 12.7. The van der Waals surface area contributed by atoms with Gasteiger partial charge in [0.2, 0.25) is 5.91 Å². The largest absolute Gasteiger partial charge is 0.311 e. The molecule has 0 saturated carbocycles. The maximum Gasteiger partial charge on any atom is 0.241 e. The van der Waals surface area contributed by atoms with Gasteiger partial charge >= 0.3 is 0 Å². The van der Waals surface area contributed by atoms with Crippen LogP contribution in [0.2, 0.25) is 0 Å². The number of nitrogens with zero attached hydrogens (tertiary/aromatic N) is 5. The Morgan fingerprint density at radius 3 is 2.69 bits per heavy atom. The van der Waals surface area contributed by atoms with E-state index in [-0.39, 0.29) is 23.2 Å². The second-order valence-electron chi connectivity index (χ2n) is 10.9. The molecular weight excluding hydrogens is 455 g/mol. The maximum atomic E-state index is 13.8. The van der Waals surface area contributed by atoms with Crippen molar-refractivity contribution >= 4 is 11.6 Å².